The standard InChI is InChI=1S/C7H13F2O/c1-3-10-6-4-5-7(2,8)9/h1,3-6H2,2H3. The van der Waals surface area contributed by atoms with Gasteiger partial charge in [0.2, 0.25) is 5.92 Å². The zero-order valence-electron chi connectivity index (χ0n) is 6.20. The van der Waals surface area contributed by atoms with Gasteiger partial charge in [0.05, 0.1) is 0 Å². The molecular weight excluding hydrogens is 138 g/mol. The Morgan fingerprint density at radius 3 is 2.50 bits per heavy atom. The molecule has 10 heavy (non-hydrogen) atoms. The number of hydrogen-bond acceptors (Lipinski definition) is 1. The second kappa shape index (κ2) is 4.61. The van der Waals surface area contributed by atoms with Gasteiger partial charge in [0.15, 0.2) is 0 Å². The van der Waals surface area contributed by atoms with E-state index >= 15 is 0 Å². The Labute approximate surface area is 60.4 Å². The number of halogens is 2. The Morgan fingerprint density at radius 2 is 2.10 bits per heavy atom. The van der Waals surface area contributed by atoms with Gasteiger partial charge in [0.1, 0.15) is 0 Å². The van der Waals surface area contributed by atoms with Crippen molar-refractivity contribution in [2.24, 2.45) is 0 Å². The van der Waals surface area contributed by atoms with Crippen LogP contribution >= 0.6 is 0 Å². The molecule has 3 heteroatoms. The zero-order valence-corrected chi connectivity index (χ0v) is 6.20. The first kappa shape index (κ1) is 9.82. The van der Waals surface area contributed by atoms with E-state index in [0.29, 0.717) is 19.6 Å². The molecule has 0 aromatic carbocycles. The smallest absolute Gasteiger partial charge is 0.245 e. The van der Waals surface area contributed by atoms with Crippen LogP contribution in [0.25, 0.3) is 0 Å². The average molecular weight is 151 g/mol. The van der Waals surface area contributed by atoms with Crippen molar-refractivity contribution in [2.45, 2.75) is 25.7 Å². The van der Waals surface area contributed by atoms with Crippen molar-refractivity contribution < 1.29 is 13.5 Å². The summed E-state index contributed by atoms with van der Waals surface area (Å²) in [5, 5.41) is 0. The van der Waals surface area contributed by atoms with Crippen molar-refractivity contribution in [1.82, 2.24) is 0 Å². The summed E-state index contributed by atoms with van der Waals surface area (Å²) in [6.45, 7) is 5.06. The lowest BCUT2D eigenvalue weighted by atomic mass is 10.2. The third-order valence-electron chi connectivity index (χ3n) is 1.05. The van der Waals surface area contributed by atoms with E-state index in [2.05, 4.69) is 6.92 Å². The Balaban J connectivity index is 3.04. The molecule has 0 rings (SSSR count). The topological polar surface area (TPSA) is 9.23 Å². The molecule has 0 bridgehead atoms. The highest BCUT2D eigenvalue weighted by Gasteiger charge is 2.19. The van der Waals surface area contributed by atoms with Crippen LogP contribution in [0, 0.1) is 6.92 Å². The molecule has 0 heterocycles. The average Bonchev–Trinajstić information content (AvgIpc) is 1.78. The summed E-state index contributed by atoms with van der Waals surface area (Å²) in [4.78, 5) is 0. The molecule has 0 fully saturated rings. The van der Waals surface area contributed by atoms with E-state index in [-0.39, 0.29) is 6.42 Å². The van der Waals surface area contributed by atoms with Gasteiger partial charge in [0.25, 0.3) is 0 Å². The molecule has 0 spiro atoms. The van der Waals surface area contributed by atoms with E-state index in [1.165, 1.54) is 0 Å². The molecule has 0 amide bonds. The van der Waals surface area contributed by atoms with Crippen molar-refractivity contribution in [1.29, 1.82) is 0 Å². The molecule has 0 aromatic heterocycles. The van der Waals surface area contributed by atoms with Crippen LogP contribution in [0.1, 0.15) is 19.8 Å². The van der Waals surface area contributed by atoms with Crippen molar-refractivity contribution in [3.8, 4) is 0 Å². The number of rotatable bonds is 5. The molecule has 0 saturated carbocycles. The first-order valence-electron chi connectivity index (χ1n) is 3.31. The minimum Gasteiger partial charge on any atom is -0.381 e. The summed E-state index contributed by atoms with van der Waals surface area (Å²) in [5.74, 6) is -2.55. The van der Waals surface area contributed by atoms with Gasteiger partial charge in [-0.3, -0.25) is 0 Å². The molecule has 1 nitrogen and oxygen atoms in total. The number of ether oxygens (including phenoxy) is 1. The fourth-order valence-corrected chi connectivity index (χ4v) is 0.587. The first-order valence-corrected chi connectivity index (χ1v) is 3.31. The lowest BCUT2D eigenvalue weighted by Crippen LogP contribution is -2.10. The van der Waals surface area contributed by atoms with E-state index < -0.39 is 5.92 Å². The summed E-state index contributed by atoms with van der Waals surface area (Å²) in [6.07, 6.45) is 0.298. The van der Waals surface area contributed by atoms with Crippen LogP contribution in [0.15, 0.2) is 0 Å². The Morgan fingerprint density at radius 1 is 1.50 bits per heavy atom. The summed E-state index contributed by atoms with van der Waals surface area (Å²) < 4.78 is 28.9. The fraction of sp³-hybridized carbons (Fsp3) is 0.857. The summed E-state index contributed by atoms with van der Waals surface area (Å²) >= 11 is 0. The summed E-state index contributed by atoms with van der Waals surface area (Å²) in [7, 11) is 0. The molecule has 61 valence electrons. The minimum absolute atomic E-state index is 0.104. The summed E-state index contributed by atoms with van der Waals surface area (Å²) in [6, 6.07) is 0. The van der Waals surface area contributed by atoms with Crippen molar-refractivity contribution in [3.05, 3.63) is 6.92 Å². The maximum atomic E-state index is 12.1. The van der Waals surface area contributed by atoms with E-state index in [1.807, 2.05) is 0 Å². The molecular formula is C7H13F2O. The number of alkyl halides is 2. The first-order chi connectivity index (χ1) is 4.56. The lowest BCUT2D eigenvalue weighted by Gasteiger charge is -2.08. The number of hydrogen-bond donors (Lipinski definition) is 0. The zero-order chi connectivity index (χ0) is 8.04. The van der Waals surface area contributed by atoms with Gasteiger partial charge < -0.3 is 4.74 Å². The van der Waals surface area contributed by atoms with E-state index in [9.17, 15) is 8.78 Å². The van der Waals surface area contributed by atoms with Gasteiger partial charge in [0, 0.05) is 19.6 Å². The Hall–Kier alpha value is -0.180. The van der Waals surface area contributed by atoms with Crippen molar-refractivity contribution in [3.63, 3.8) is 0 Å². The second-order valence-electron chi connectivity index (χ2n) is 2.29. The van der Waals surface area contributed by atoms with Crippen molar-refractivity contribution >= 4 is 0 Å². The normalized spacial score (nSPS) is 12.0. The van der Waals surface area contributed by atoms with Crippen LogP contribution in [0.2, 0.25) is 0 Å². The summed E-state index contributed by atoms with van der Waals surface area (Å²) in [5.41, 5.74) is 0. The highest BCUT2D eigenvalue weighted by atomic mass is 19.3. The van der Waals surface area contributed by atoms with Crippen LogP contribution in [-0.4, -0.2) is 19.1 Å². The van der Waals surface area contributed by atoms with Gasteiger partial charge >= 0.3 is 0 Å². The van der Waals surface area contributed by atoms with Gasteiger partial charge in [-0.1, -0.05) is 0 Å². The predicted octanol–water partition coefficient (Wildman–Crippen LogP) is 2.27. The lowest BCUT2D eigenvalue weighted by molar-refractivity contribution is 0.00317. The van der Waals surface area contributed by atoms with Gasteiger partial charge in [-0.25, -0.2) is 8.78 Å². The van der Waals surface area contributed by atoms with Crippen LogP contribution in [0.4, 0.5) is 8.78 Å². The molecule has 0 saturated heterocycles. The minimum atomic E-state index is -2.55. The highest BCUT2D eigenvalue weighted by Crippen LogP contribution is 2.18. The van der Waals surface area contributed by atoms with E-state index in [1.54, 1.807) is 0 Å². The molecule has 1 radical (unpaired) electrons. The largest absolute Gasteiger partial charge is 0.381 e. The monoisotopic (exact) mass is 151 g/mol. The highest BCUT2D eigenvalue weighted by molar-refractivity contribution is 4.56. The Kier molecular flexibility index (Phi) is 4.52. The Bertz CT molecular complexity index is 78.2. The van der Waals surface area contributed by atoms with Crippen molar-refractivity contribution in [2.75, 3.05) is 13.2 Å². The maximum Gasteiger partial charge on any atom is 0.245 e. The molecule has 0 unspecified atom stereocenters. The maximum absolute atomic E-state index is 12.1. The van der Waals surface area contributed by atoms with Crippen LogP contribution < -0.4 is 0 Å². The molecule has 0 aliphatic rings. The third-order valence-corrected chi connectivity index (χ3v) is 1.05. The molecule has 0 N–H and O–H groups in total. The molecule has 0 atom stereocenters. The SMILES string of the molecule is [CH2]COCCCC(C)(F)F. The molecule has 0 aliphatic carbocycles. The van der Waals surface area contributed by atoms with E-state index in [0.717, 1.165) is 6.92 Å². The quantitative estimate of drug-likeness (QED) is 0.548. The third kappa shape index (κ3) is 7.82. The predicted molar refractivity (Wildman–Crippen MR) is 36.0 cm³/mol. The van der Waals surface area contributed by atoms with Crippen LogP contribution in [-0.2, 0) is 4.74 Å². The van der Waals surface area contributed by atoms with E-state index in [4.69, 9.17) is 4.74 Å². The molecule has 0 aliphatic heterocycles. The van der Waals surface area contributed by atoms with Gasteiger partial charge in [-0.05, 0) is 20.3 Å². The van der Waals surface area contributed by atoms with Gasteiger partial charge in [-0.15, -0.1) is 0 Å². The van der Waals surface area contributed by atoms with Gasteiger partial charge in [-0.2, -0.15) is 0 Å². The second-order valence-corrected chi connectivity index (χ2v) is 2.29. The van der Waals surface area contributed by atoms with Crippen LogP contribution in [0.5, 0.6) is 0 Å². The van der Waals surface area contributed by atoms with Crippen LogP contribution in [0.3, 0.4) is 0 Å². The fourth-order valence-electron chi connectivity index (χ4n) is 0.587. The molecule has 0 aromatic rings.